The van der Waals surface area contributed by atoms with Gasteiger partial charge in [0.25, 0.3) is 5.91 Å². The van der Waals surface area contributed by atoms with Crippen molar-refractivity contribution in [2.24, 2.45) is 5.92 Å². The van der Waals surface area contributed by atoms with Crippen LogP contribution < -0.4 is 5.32 Å². The topological polar surface area (TPSA) is 35.6 Å². The molecule has 4 heteroatoms. The minimum Gasteiger partial charge on any atom is -0.322 e. The van der Waals surface area contributed by atoms with Crippen molar-refractivity contribution in [1.29, 1.82) is 0 Å². The standard InChI is InChI=1S/C22H29N3O/c1-18(2)16-24-11-13-25(14-12-24)17-19-7-6-8-20(15-19)22(26)23-21-9-4-3-5-10-21/h3-10,15,18H,11-14,16-17H2,1-2H3,(H,23,26). The van der Waals surface area contributed by atoms with Crippen molar-refractivity contribution in [3.8, 4) is 0 Å². The van der Waals surface area contributed by atoms with E-state index in [0.717, 1.165) is 44.3 Å². The van der Waals surface area contributed by atoms with Crippen LogP contribution in [0.2, 0.25) is 0 Å². The Kier molecular flexibility index (Phi) is 6.42. The van der Waals surface area contributed by atoms with E-state index in [1.165, 1.54) is 12.1 Å². The zero-order chi connectivity index (χ0) is 18.4. The summed E-state index contributed by atoms with van der Waals surface area (Å²) in [6, 6.07) is 17.6. The van der Waals surface area contributed by atoms with Crippen LogP contribution in [0.5, 0.6) is 0 Å². The molecule has 0 atom stereocenters. The second kappa shape index (κ2) is 8.97. The van der Waals surface area contributed by atoms with E-state index < -0.39 is 0 Å². The molecule has 2 aromatic rings. The van der Waals surface area contributed by atoms with E-state index in [4.69, 9.17) is 0 Å². The highest BCUT2D eigenvalue weighted by Crippen LogP contribution is 2.14. The van der Waals surface area contributed by atoms with Crippen LogP contribution in [0.4, 0.5) is 5.69 Å². The minimum atomic E-state index is -0.0557. The molecule has 0 spiro atoms. The van der Waals surface area contributed by atoms with Gasteiger partial charge in [0.1, 0.15) is 0 Å². The van der Waals surface area contributed by atoms with E-state index in [0.29, 0.717) is 5.56 Å². The Morgan fingerprint density at radius 1 is 0.962 bits per heavy atom. The number of hydrogen-bond donors (Lipinski definition) is 1. The lowest BCUT2D eigenvalue weighted by Gasteiger charge is -2.35. The number of hydrogen-bond acceptors (Lipinski definition) is 3. The largest absolute Gasteiger partial charge is 0.322 e. The molecule has 1 aliphatic rings. The molecule has 138 valence electrons. The van der Waals surface area contributed by atoms with Gasteiger partial charge in [0.05, 0.1) is 0 Å². The fraction of sp³-hybridized carbons (Fsp3) is 0.409. The average molecular weight is 351 g/mol. The summed E-state index contributed by atoms with van der Waals surface area (Å²) in [5.74, 6) is 0.668. The Morgan fingerprint density at radius 3 is 2.35 bits per heavy atom. The Labute approximate surface area is 156 Å². The third kappa shape index (κ3) is 5.41. The molecule has 0 aliphatic carbocycles. The number of nitrogens with zero attached hydrogens (tertiary/aromatic N) is 2. The maximum absolute atomic E-state index is 12.5. The SMILES string of the molecule is CC(C)CN1CCN(Cc2cccc(C(=O)Nc3ccccc3)c2)CC1. The number of para-hydroxylation sites is 1. The maximum atomic E-state index is 12.5. The highest BCUT2D eigenvalue weighted by atomic mass is 16.1. The lowest BCUT2D eigenvalue weighted by molar-refractivity contribution is 0.102. The first-order valence-electron chi connectivity index (χ1n) is 9.50. The molecule has 1 amide bonds. The fourth-order valence-corrected chi connectivity index (χ4v) is 3.44. The molecule has 1 saturated heterocycles. The van der Waals surface area contributed by atoms with Gasteiger partial charge in [-0.05, 0) is 35.7 Å². The molecule has 1 fully saturated rings. The molecule has 26 heavy (non-hydrogen) atoms. The molecular formula is C22H29N3O. The zero-order valence-electron chi connectivity index (χ0n) is 15.8. The summed E-state index contributed by atoms with van der Waals surface area (Å²) < 4.78 is 0. The molecule has 1 aliphatic heterocycles. The number of rotatable bonds is 6. The summed E-state index contributed by atoms with van der Waals surface area (Å²) in [7, 11) is 0. The third-order valence-corrected chi connectivity index (χ3v) is 4.72. The van der Waals surface area contributed by atoms with Crippen molar-refractivity contribution < 1.29 is 4.79 Å². The Hall–Kier alpha value is -2.17. The molecule has 0 bridgehead atoms. The van der Waals surface area contributed by atoms with Crippen LogP contribution in [-0.2, 0) is 6.54 Å². The van der Waals surface area contributed by atoms with Gasteiger partial charge >= 0.3 is 0 Å². The number of amides is 1. The predicted octanol–water partition coefficient (Wildman–Crippen LogP) is 3.71. The van der Waals surface area contributed by atoms with Gasteiger partial charge in [0.15, 0.2) is 0 Å². The average Bonchev–Trinajstić information content (AvgIpc) is 2.64. The molecule has 0 unspecified atom stereocenters. The van der Waals surface area contributed by atoms with Crippen LogP contribution in [0, 0.1) is 5.92 Å². The Bertz CT molecular complexity index is 706. The number of anilines is 1. The van der Waals surface area contributed by atoms with Gasteiger partial charge < -0.3 is 10.2 Å². The lowest BCUT2D eigenvalue weighted by atomic mass is 10.1. The number of piperazine rings is 1. The van der Waals surface area contributed by atoms with Gasteiger partial charge in [-0.25, -0.2) is 0 Å². The second-order valence-corrected chi connectivity index (χ2v) is 7.49. The first-order chi connectivity index (χ1) is 12.6. The van der Waals surface area contributed by atoms with E-state index in [1.54, 1.807) is 0 Å². The molecule has 1 N–H and O–H groups in total. The summed E-state index contributed by atoms with van der Waals surface area (Å²) in [6.07, 6.45) is 0. The summed E-state index contributed by atoms with van der Waals surface area (Å²) in [5, 5.41) is 2.95. The summed E-state index contributed by atoms with van der Waals surface area (Å²) in [5.41, 5.74) is 2.73. The summed E-state index contributed by atoms with van der Waals surface area (Å²) in [6.45, 7) is 11.1. The number of carbonyl (C=O) groups excluding carboxylic acids is 1. The van der Waals surface area contributed by atoms with E-state index >= 15 is 0 Å². The van der Waals surface area contributed by atoms with E-state index in [2.05, 4.69) is 35.0 Å². The van der Waals surface area contributed by atoms with Crippen LogP contribution in [-0.4, -0.2) is 48.4 Å². The van der Waals surface area contributed by atoms with Crippen LogP contribution >= 0.6 is 0 Å². The van der Waals surface area contributed by atoms with Crippen LogP contribution in [0.25, 0.3) is 0 Å². The number of nitrogens with one attached hydrogen (secondary N) is 1. The van der Waals surface area contributed by atoms with E-state index in [-0.39, 0.29) is 5.91 Å². The summed E-state index contributed by atoms with van der Waals surface area (Å²) >= 11 is 0. The monoisotopic (exact) mass is 351 g/mol. The normalized spacial score (nSPS) is 16.0. The predicted molar refractivity (Wildman–Crippen MR) is 107 cm³/mol. The van der Waals surface area contributed by atoms with Crippen molar-refractivity contribution >= 4 is 11.6 Å². The molecule has 1 heterocycles. The lowest BCUT2D eigenvalue weighted by Crippen LogP contribution is -2.46. The van der Waals surface area contributed by atoms with Crippen LogP contribution in [0.1, 0.15) is 29.8 Å². The van der Waals surface area contributed by atoms with Gasteiger partial charge in [0.2, 0.25) is 0 Å². The van der Waals surface area contributed by atoms with Gasteiger partial charge in [-0.1, -0.05) is 44.2 Å². The van der Waals surface area contributed by atoms with Crippen molar-refractivity contribution in [1.82, 2.24) is 9.80 Å². The number of benzene rings is 2. The van der Waals surface area contributed by atoms with Crippen molar-refractivity contribution in [3.63, 3.8) is 0 Å². The van der Waals surface area contributed by atoms with Crippen LogP contribution in [0.15, 0.2) is 54.6 Å². The first-order valence-corrected chi connectivity index (χ1v) is 9.50. The van der Waals surface area contributed by atoms with Crippen molar-refractivity contribution in [2.45, 2.75) is 20.4 Å². The van der Waals surface area contributed by atoms with E-state index in [1.807, 2.05) is 48.5 Å². The molecule has 0 aromatic heterocycles. The molecule has 0 saturated carbocycles. The van der Waals surface area contributed by atoms with E-state index in [9.17, 15) is 4.79 Å². The maximum Gasteiger partial charge on any atom is 0.255 e. The van der Waals surface area contributed by atoms with Gasteiger partial charge in [-0.15, -0.1) is 0 Å². The highest BCUT2D eigenvalue weighted by molar-refractivity contribution is 6.04. The minimum absolute atomic E-state index is 0.0557. The highest BCUT2D eigenvalue weighted by Gasteiger charge is 2.17. The first kappa shape index (κ1) is 18.6. The third-order valence-electron chi connectivity index (χ3n) is 4.72. The number of carbonyl (C=O) groups is 1. The van der Waals surface area contributed by atoms with Crippen LogP contribution in [0.3, 0.4) is 0 Å². The molecule has 3 rings (SSSR count). The molecular weight excluding hydrogens is 322 g/mol. The zero-order valence-corrected chi connectivity index (χ0v) is 15.8. The fourth-order valence-electron chi connectivity index (χ4n) is 3.44. The molecule has 2 aromatic carbocycles. The van der Waals surface area contributed by atoms with Gasteiger partial charge in [0, 0.05) is 50.5 Å². The van der Waals surface area contributed by atoms with Crippen molar-refractivity contribution in [2.75, 3.05) is 38.0 Å². The van der Waals surface area contributed by atoms with Gasteiger partial charge in [-0.3, -0.25) is 9.69 Å². The second-order valence-electron chi connectivity index (χ2n) is 7.49. The molecule has 0 radical (unpaired) electrons. The quantitative estimate of drug-likeness (QED) is 0.862. The Balaban J connectivity index is 1.55. The van der Waals surface area contributed by atoms with Gasteiger partial charge in [-0.2, -0.15) is 0 Å². The smallest absolute Gasteiger partial charge is 0.255 e. The summed E-state index contributed by atoms with van der Waals surface area (Å²) in [4.78, 5) is 17.5. The Morgan fingerprint density at radius 2 is 1.65 bits per heavy atom. The van der Waals surface area contributed by atoms with Crippen molar-refractivity contribution in [3.05, 3.63) is 65.7 Å². The molecule has 4 nitrogen and oxygen atoms in total.